The van der Waals surface area contributed by atoms with Crippen molar-refractivity contribution in [1.82, 2.24) is 19.9 Å². The van der Waals surface area contributed by atoms with E-state index in [0.717, 1.165) is 11.3 Å². The number of aromatic nitrogens is 3. The summed E-state index contributed by atoms with van der Waals surface area (Å²) in [6.07, 6.45) is 5.82. The lowest BCUT2D eigenvalue weighted by Gasteiger charge is -2.25. The van der Waals surface area contributed by atoms with Crippen LogP contribution in [0.3, 0.4) is 0 Å². The second-order valence-electron chi connectivity index (χ2n) is 7.83. The molecule has 1 aliphatic carbocycles. The summed E-state index contributed by atoms with van der Waals surface area (Å²) in [6, 6.07) is 9.72. The van der Waals surface area contributed by atoms with Crippen LogP contribution < -0.4 is 5.56 Å². The van der Waals surface area contributed by atoms with Gasteiger partial charge in [-0.05, 0) is 74.6 Å². The minimum absolute atomic E-state index is 0.113. The molecule has 4 rings (SSSR count). The number of H-pyrrole nitrogens is 1. The fourth-order valence-corrected chi connectivity index (χ4v) is 4.09. The van der Waals surface area contributed by atoms with Crippen LogP contribution in [-0.2, 0) is 24.2 Å². The van der Waals surface area contributed by atoms with Crippen LogP contribution in [0.15, 0.2) is 53.6 Å². The average Bonchev–Trinajstić information content (AvgIpc) is 3.01. The molecule has 0 radical (unpaired) electrons. The smallest absolute Gasteiger partial charge is 0.254 e. The SMILES string of the molecule is CCN(Cc1ccncc1)C(=O)C1CCc2nc(-c3ccc(F)cc3)[nH]c(=O)c2CC1. The quantitative estimate of drug-likeness (QED) is 0.641. The third-order valence-corrected chi connectivity index (χ3v) is 5.86. The Kier molecular flexibility index (Phi) is 6.21. The van der Waals surface area contributed by atoms with E-state index in [9.17, 15) is 14.0 Å². The van der Waals surface area contributed by atoms with Crippen molar-refractivity contribution in [3.63, 3.8) is 0 Å². The molecule has 0 saturated heterocycles. The first-order chi connectivity index (χ1) is 15.0. The van der Waals surface area contributed by atoms with Gasteiger partial charge in [-0.25, -0.2) is 9.37 Å². The Labute approximate surface area is 180 Å². The fraction of sp³-hybridized carbons (Fsp3) is 0.333. The maximum absolute atomic E-state index is 13.2. The highest BCUT2D eigenvalue weighted by molar-refractivity contribution is 5.79. The summed E-state index contributed by atoms with van der Waals surface area (Å²) < 4.78 is 13.2. The van der Waals surface area contributed by atoms with E-state index < -0.39 is 0 Å². The molecule has 1 unspecified atom stereocenters. The number of carbonyl (C=O) groups is 1. The van der Waals surface area contributed by atoms with Crippen molar-refractivity contribution in [2.45, 2.75) is 39.2 Å². The number of aromatic amines is 1. The normalized spacial score (nSPS) is 15.7. The lowest BCUT2D eigenvalue weighted by Crippen LogP contribution is -2.35. The molecular formula is C24H25FN4O2. The van der Waals surface area contributed by atoms with E-state index in [2.05, 4.69) is 15.0 Å². The van der Waals surface area contributed by atoms with Crippen LogP contribution in [0.4, 0.5) is 4.39 Å². The second kappa shape index (κ2) is 9.20. The van der Waals surface area contributed by atoms with Crippen LogP contribution >= 0.6 is 0 Å². The molecule has 0 bridgehead atoms. The predicted molar refractivity (Wildman–Crippen MR) is 116 cm³/mol. The van der Waals surface area contributed by atoms with Gasteiger partial charge in [-0.15, -0.1) is 0 Å². The molecule has 160 valence electrons. The van der Waals surface area contributed by atoms with Crippen LogP contribution in [0.1, 0.15) is 36.6 Å². The number of benzene rings is 1. The number of aryl methyl sites for hydroxylation is 1. The Morgan fingerprint density at radius 1 is 1.13 bits per heavy atom. The van der Waals surface area contributed by atoms with Crippen LogP contribution in [-0.4, -0.2) is 32.3 Å². The van der Waals surface area contributed by atoms with E-state index >= 15 is 0 Å². The summed E-state index contributed by atoms with van der Waals surface area (Å²) >= 11 is 0. The third-order valence-electron chi connectivity index (χ3n) is 5.86. The molecule has 0 fully saturated rings. The molecule has 0 saturated carbocycles. The molecule has 7 heteroatoms. The number of amides is 1. The van der Waals surface area contributed by atoms with Gasteiger partial charge >= 0.3 is 0 Å². The fourth-order valence-electron chi connectivity index (χ4n) is 4.09. The molecule has 1 N–H and O–H groups in total. The molecule has 31 heavy (non-hydrogen) atoms. The lowest BCUT2D eigenvalue weighted by atomic mass is 9.97. The van der Waals surface area contributed by atoms with Crippen LogP contribution in [0.5, 0.6) is 0 Å². The molecule has 2 heterocycles. The van der Waals surface area contributed by atoms with Gasteiger partial charge in [0.05, 0.1) is 5.69 Å². The summed E-state index contributed by atoms with van der Waals surface area (Å²) in [7, 11) is 0. The first kappa shape index (κ1) is 20.9. The Morgan fingerprint density at radius 2 is 1.84 bits per heavy atom. The molecule has 1 aromatic carbocycles. The van der Waals surface area contributed by atoms with E-state index in [4.69, 9.17) is 0 Å². The zero-order chi connectivity index (χ0) is 21.8. The highest BCUT2D eigenvalue weighted by Crippen LogP contribution is 2.25. The second-order valence-corrected chi connectivity index (χ2v) is 7.83. The number of nitrogens with zero attached hydrogens (tertiary/aromatic N) is 3. The van der Waals surface area contributed by atoms with Crippen LogP contribution in [0.2, 0.25) is 0 Å². The zero-order valence-corrected chi connectivity index (χ0v) is 17.5. The van der Waals surface area contributed by atoms with Crippen molar-refractivity contribution in [2.75, 3.05) is 6.54 Å². The number of fused-ring (bicyclic) bond motifs is 1. The summed E-state index contributed by atoms with van der Waals surface area (Å²) in [6.45, 7) is 3.15. The van der Waals surface area contributed by atoms with Gasteiger partial charge < -0.3 is 9.88 Å². The van der Waals surface area contributed by atoms with Crippen LogP contribution in [0.25, 0.3) is 11.4 Å². The van der Waals surface area contributed by atoms with Gasteiger partial charge in [0.15, 0.2) is 0 Å². The van der Waals surface area contributed by atoms with E-state index in [1.807, 2.05) is 24.0 Å². The molecule has 3 aromatic rings. The topological polar surface area (TPSA) is 79.0 Å². The summed E-state index contributed by atoms with van der Waals surface area (Å²) in [4.78, 5) is 39.3. The number of nitrogens with one attached hydrogen (secondary N) is 1. The number of hydrogen-bond acceptors (Lipinski definition) is 4. The Bertz CT molecular complexity index is 1110. The van der Waals surface area contributed by atoms with Gasteiger partial charge in [0, 0.05) is 42.5 Å². The molecule has 1 amide bonds. The van der Waals surface area contributed by atoms with Gasteiger partial charge in [0.25, 0.3) is 5.56 Å². The van der Waals surface area contributed by atoms with Gasteiger partial charge in [0.2, 0.25) is 5.91 Å². The zero-order valence-electron chi connectivity index (χ0n) is 17.5. The number of hydrogen-bond donors (Lipinski definition) is 1. The number of rotatable bonds is 5. The molecule has 1 atom stereocenters. The standard InChI is InChI=1S/C24H25FN4O2/c1-2-29(15-16-11-13-26-14-12-16)24(31)18-5-9-20-21(10-6-18)27-22(28-23(20)30)17-3-7-19(25)8-4-17/h3-4,7-8,11-14,18H,2,5-6,9-10,15H2,1H3,(H,27,28,30). The van der Waals surface area contributed by atoms with Crippen molar-refractivity contribution in [2.24, 2.45) is 5.92 Å². The predicted octanol–water partition coefficient (Wildman–Crippen LogP) is 3.51. The summed E-state index contributed by atoms with van der Waals surface area (Å²) in [5.74, 6) is 0.0582. The monoisotopic (exact) mass is 420 g/mol. The molecule has 1 aliphatic rings. The van der Waals surface area contributed by atoms with Crippen molar-refractivity contribution >= 4 is 5.91 Å². The molecule has 2 aromatic heterocycles. The minimum atomic E-state index is -0.338. The highest BCUT2D eigenvalue weighted by Gasteiger charge is 2.28. The largest absolute Gasteiger partial charge is 0.338 e. The first-order valence-corrected chi connectivity index (χ1v) is 10.6. The van der Waals surface area contributed by atoms with Crippen molar-refractivity contribution in [3.8, 4) is 11.4 Å². The highest BCUT2D eigenvalue weighted by atomic mass is 19.1. The van der Waals surface area contributed by atoms with E-state index in [0.29, 0.717) is 55.7 Å². The Balaban J connectivity index is 1.51. The van der Waals surface area contributed by atoms with Crippen LogP contribution in [0, 0.1) is 11.7 Å². The maximum Gasteiger partial charge on any atom is 0.254 e. The number of carbonyl (C=O) groups excluding carboxylic acids is 1. The van der Waals surface area contributed by atoms with Gasteiger partial charge in [-0.2, -0.15) is 0 Å². The van der Waals surface area contributed by atoms with Crippen molar-refractivity contribution in [1.29, 1.82) is 0 Å². The number of pyridine rings is 1. The molecule has 0 spiro atoms. The van der Waals surface area contributed by atoms with E-state index in [1.165, 1.54) is 12.1 Å². The van der Waals surface area contributed by atoms with Gasteiger partial charge in [-0.3, -0.25) is 14.6 Å². The van der Waals surface area contributed by atoms with E-state index in [1.54, 1.807) is 24.5 Å². The molecule has 0 aliphatic heterocycles. The molecule has 6 nitrogen and oxygen atoms in total. The van der Waals surface area contributed by atoms with Gasteiger partial charge in [-0.1, -0.05) is 0 Å². The summed E-state index contributed by atoms with van der Waals surface area (Å²) in [5, 5.41) is 0. The first-order valence-electron chi connectivity index (χ1n) is 10.6. The summed E-state index contributed by atoms with van der Waals surface area (Å²) in [5.41, 5.74) is 2.91. The lowest BCUT2D eigenvalue weighted by molar-refractivity contribution is -0.136. The Hall–Kier alpha value is -3.35. The van der Waals surface area contributed by atoms with Crippen molar-refractivity contribution < 1.29 is 9.18 Å². The van der Waals surface area contributed by atoms with Crippen molar-refractivity contribution in [3.05, 3.63) is 81.8 Å². The average molecular weight is 420 g/mol. The minimum Gasteiger partial charge on any atom is -0.338 e. The maximum atomic E-state index is 13.2. The van der Waals surface area contributed by atoms with E-state index in [-0.39, 0.29) is 23.2 Å². The van der Waals surface area contributed by atoms with Gasteiger partial charge in [0.1, 0.15) is 11.6 Å². The number of halogens is 1. The third kappa shape index (κ3) is 4.71. The Morgan fingerprint density at radius 3 is 2.55 bits per heavy atom. The molecular weight excluding hydrogens is 395 g/mol.